The van der Waals surface area contributed by atoms with E-state index in [1.165, 1.54) is 12.1 Å². The van der Waals surface area contributed by atoms with Gasteiger partial charge in [0.1, 0.15) is 0 Å². The van der Waals surface area contributed by atoms with Crippen molar-refractivity contribution in [1.82, 2.24) is 5.43 Å². The monoisotopic (exact) mass is 418 g/mol. The highest BCUT2D eigenvalue weighted by molar-refractivity contribution is 5.87. The van der Waals surface area contributed by atoms with E-state index in [-0.39, 0.29) is 5.56 Å². The van der Waals surface area contributed by atoms with Gasteiger partial charge in [0.15, 0.2) is 0 Å². The molecule has 1 saturated heterocycles. The first kappa shape index (κ1) is 21.7. The summed E-state index contributed by atoms with van der Waals surface area (Å²) in [5.41, 5.74) is -0.109. The molecule has 1 aliphatic rings. The second-order valence-corrected chi connectivity index (χ2v) is 5.62. The molecule has 2 rings (SSSR count). The van der Waals surface area contributed by atoms with Crippen LogP contribution in [0.5, 0.6) is 0 Å². The number of alkyl halides is 7. The number of nitro benzene ring substituents is 1. The van der Waals surface area contributed by atoms with Gasteiger partial charge in [-0.15, -0.1) is 0 Å². The Morgan fingerprint density at radius 3 is 2.29 bits per heavy atom. The number of halogens is 7. The highest BCUT2D eigenvalue weighted by Gasteiger charge is 2.73. The zero-order valence-electron chi connectivity index (χ0n) is 13.8. The molecule has 1 aromatic carbocycles. The van der Waals surface area contributed by atoms with Gasteiger partial charge >= 0.3 is 18.1 Å². The lowest BCUT2D eigenvalue weighted by Crippen LogP contribution is -2.58. The third-order valence-electron chi connectivity index (χ3n) is 3.74. The van der Waals surface area contributed by atoms with Gasteiger partial charge in [-0.1, -0.05) is 0 Å². The number of hydrogen-bond acceptors (Lipinski definition) is 6. The largest absolute Gasteiger partial charge is 0.462 e. The lowest BCUT2D eigenvalue weighted by Gasteiger charge is -2.29. The summed E-state index contributed by atoms with van der Waals surface area (Å²) in [6, 6.07) is -2.18. The molecule has 1 aliphatic heterocycles. The normalized spacial score (nSPS) is 16.5. The summed E-state index contributed by atoms with van der Waals surface area (Å²) in [6.07, 6.45) is -6.15. The Hall–Kier alpha value is -2.64. The Morgan fingerprint density at radius 1 is 1.14 bits per heavy atom. The van der Waals surface area contributed by atoms with Crippen LogP contribution in [0.1, 0.15) is 5.56 Å². The number of anilines is 1. The maximum Gasteiger partial charge on any atom is 0.462 e. The van der Waals surface area contributed by atoms with Crippen LogP contribution >= 0.6 is 0 Å². The number of nitrogens with one attached hydrogen (secondary N) is 1. The third-order valence-corrected chi connectivity index (χ3v) is 3.74. The van der Waals surface area contributed by atoms with Crippen molar-refractivity contribution in [2.75, 3.05) is 31.2 Å². The van der Waals surface area contributed by atoms with Gasteiger partial charge in [-0.2, -0.15) is 35.8 Å². The lowest BCUT2D eigenvalue weighted by atomic mass is 10.1. The summed E-state index contributed by atoms with van der Waals surface area (Å²) in [5, 5.41) is 13.7. The van der Waals surface area contributed by atoms with E-state index >= 15 is 0 Å². The summed E-state index contributed by atoms with van der Waals surface area (Å²) in [4.78, 5) is 11.9. The lowest BCUT2D eigenvalue weighted by molar-refractivity contribution is -0.385. The molecule has 14 heteroatoms. The standard InChI is InChI=1S/C14H13F7N4O3/c15-12(16,13(17,18)19)14(20,21)23-22-8-9-7-10(1-2-11(9)25(26)27)24-3-5-28-6-4-24/h1-2,7-8,23H,3-6H2/b22-8+. The van der Waals surface area contributed by atoms with Gasteiger partial charge in [0, 0.05) is 24.8 Å². The van der Waals surface area contributed by atoms with Crippen LogP contribution < -0.4 is 10.3 Å². The molecule has 28 heavy (non-hydrogen) atoms. The van der Waals surface area contributed by atoms with Crippen molar-refractivity contribution in [2.45, 2.75) is 18.1 Å². The smallest absolute Gasteiger partial charge is 0.378 e. The maximum absolute atomic E-state index is 13.2. The molecule has 0 spiro atoms. The minimum absolute atomic E-state index is 0.368. The van der Waals surface area contributed by atoms with Gasteiger partial charge in [-0.25, -0.2) is 5.43 Å². The molecule has 1 aromatic rings. The molecule has 0 saturated carbocycles. The Balaban J connectivity index is 2.26. The van der Waals surface area contributed by atoms with E-state index in [1.54, 1.807) is 4.90 Å². The van der Waals surface area contributed by atoms with Crippen LogP contribution in [0.3, 0.4) is 0 Å². The van der Waals surface area contributed by atoms with Crippen molar-refractivity contribution >= 4 is 17.6 Å². The van der Waals surface area contributed by atoms with Crippen molar-refractivity contribution in [3.8, 4) is 0 Å². The fourth-order valence-corrected chi connectivity index (χ4v) is 2.26. The molecule has 0 amide bonds. The van der Waals surface area contributed by atoms with Crippen LogP contribution in [-0.2, 0) is 4.74 Å². The third kappa shape index (κ3) is 4.43. The molecule has 1 N–H and O–H groups in total. The second-order valence-electron chi connectivity index (χ2n) is 5.62. The molecule has 0 bridgehead atoms. The van der Waals surface area contributed by atoms with E-state index < -0.39 is 28.8 Å². The van der Waals surface area contributed by atoms with Gasteiger partial charge in [0.05, 0.1) is 29.9 Å². The number of hydrazone groups is 1. The van der Waals surface area contributed by atoms with E-state index in [1.807, 2.05) is 0 Å². The topological polar surface area (TPSA) is 80.0 Å². The molecule has 0 atom stereocenters. The molecule has 0 aliphatic carbocycles. The van der Waals surface area contributed by atoms with Crippen molar-refractivity contribution in [1.29, 1.82) is 0 Å². The minimum Gasteiger partial charge on any atom is -0.378 e. The van der Waals surface area contributed by atoms with E-state index in [9.17, 15) is 40.8 Å². The van der Waals surface area contributed by atoms with E-state index in [4.69, 9.17) is 4.74 Å². The van der Waals surface area contributed by atoms with Gasteiger partial charge in [0.25, 0.3) is 5.69 Å². The number of ether oxygens (including phenoxy) is 1. The fourth-order valence-electron chi connectivity index (χ4n) is 2.26. The highest BCUT2D eigenvalue weighted by Crippen LogP contribution is 2.45. The summed E-state index contributed by atoms with van der Waals surface area (Å²) in [7, 11) is 0. The molecule has 156 valence electrons. The Morgan fingerprint density at radius 2 is 1.75 bits per heavy atom. The summed E-state index contributed by atoms with van der Waals surface area (Å²) < 4.78 is 93.4. The first-order valence-electron chi connectivity index (χ1n) is 7.60. The van der Waals surface area contributed by atoms with E-state index in [0.717, 1.165) is 6.07 Å². The van der Waals surface area contributed by atoms with Crippen molar-refractivity contribution in [3.63, 3.8) is 0 Å². The Labute approximate surface area is 152 Å². The Kier molecular flexibility index (Phi) is 6.01. The first-order chi connectivity index (χ1) is 12.9. The predicted molar refractivity (Wildman–Crippen MR) is 82.8 cm³/mol. The van der Waals surface area contributed by atoms with E-state index in [2.05, 4.69) is 5.10 Å². The fraction of sp³-hybridized carbons (Fsp3) is 0.500. The maximum atomic E-state index is 13.2. The predicted octanol–water partition coefficient (Wildman–Crippen LogP) is 3.15. The van der Waals surface area contributed by atoms with Gasteiger partial charge in [-0.05, 0) is 12.1 Å². The van der Waals surface area contributed by atoms with E-state index in [0.29, 0.717) is 43.6 Å². The average molecular weight is 418 g/mol. The zero-order chi connectivity index (χ0) is 21.2. The SMILES string of the molecule is O=[N+]([O-])c1ccc(N2CCOCC2)cc1/C=N/NC(F)(F)C(F)(F)C(F)(F)F. The van der Waals surface area contributed by atoms with Crippen LogP contribution in [0, 0.1) is 10.1 Å². The highest BCUT2D eigenvalue weighted by atomic mass is 19.4. The summed E-state index contributed by atoms with van der Waals surface area (Å²) >= 11 is 0. The summed E-state index contributed by atoms with van der Waals surface area (Å²) in [5.74, 6) is -6.40. The quantitative estimate of drug-likeness (QED) is 0.253. The van der Waals surface area contributed by atoms with Gasteiger partial charge in [-0.3, -0.25) is 10.1 Å². The van der Waals surface area contributed by atoms with Crippen LogP contribution in [-0.4, -0.2) is 55.6 Å². The molecule has 0 aromatic heterocycles. The molecule has 0 unspecified atom stereocenters. The number of hydrogen-bond donors (Lipinski definition) is 1. The number of morpholine rings is 1. The molecule has 0 radical (unpaired) electrons. The number of nitrogens with zero attached hydrogens (tertiary/aromatic N) is 3. The van der Waals surface area contributed by atoms with Crippen molar-refractivity contribution in [3.05, 3.63) is 33.9 Å². The van der Waals surface area contributed by atoms with Gasteiger partial charge in [0.2, 0.25) is 0 Å². The molecule has 1 fully saturated rings. The Bertz CT molecular complexity index is 749. The molecule has 7 nitrogen and oxygen atoms in total. The molecular weight excluding hydrogens is 405 g/mol. The van der Waals surface area contributed by atoms with Crippen LogP contribution in [0.2, 0.25) is 0 Å². The number of rotatable bonds is 6. The molecular formula is C14H13F7N4O3. The zero-order valence-corrected chi connectivity index (χ0v) is 13.8. The number of benzene rings is 1. The first-order valence-corrected chi connectivity index (χ1v) is 7.60. The second kappa shape index (κ2) is 7.77. The molecule has 1 heterocycles. The summed E-state index contributed by atoms with van der Waals surface area (Å²) in [6.45, 7) is 1.62. The van der Waals surface area contributed by atoms with Gasteiger partial charge < -0.3 is 9.64 Å². The van der Waals surface area contributed by atoms with Crippen LogP contribution in [0.25, 0.3) is 0 Å². The van der Waals surface area contributed by atoms with Crippen molar-refractivity contribution < 1.29 is 40.4 Å². The van der Waals surface area contributed by atoms with Crippen molar-refractivity contribution in [2.24, 2.45) is 5.10 Å². The number of nitro groups is 1. The minimum atomic E-state index is -6.53. The van der Waals surface area contributed by atoms with Crippen LogP contribution in [0.4, 0.5) is 42.1 Å². The average Bonchev–Trinajstić information content (AvgIpc) is 2.61. The van der Waals surface area contributed by atoms with Crippen LogP contribution in [0.15, 0.2) is 23.3 Å².